The van der Waals surface area contributed by atoms with Gasteiger partial charge in [-0.15, -0.1) is 0 Å². The van der Waals surface area contributed by atoms with Crippen LogP contribution in [-0.2, 0) is 20.9 Å². The number of hydrogen-bond donors (Lipinski definition) is 0. The van der Waals surface area contributed by atoms with Crippen LogP contribution in [0.15, 0.2) is 41.3 Å². The number of esters is 1. The Balaban J connectivity index is 1.81. The van der Waals surface area contributed by atoms with Gasteiger partial charge in [-0.25, -0.2) is 4.79 Å². The number of thioether (sulfide) groups is 1. The topological polar surface area (TPSA) is 96.7 Å². The lowest BCUT2D eigenvalue weighted by molar-refractivity contribution is -0.148. The van der Waals surface area contributed by atoms with Crippen LogP contribution in [0.4, 0.5) is 4.79 Å². The normalized spacial score (nSPS) is 15.6. The molecule has 0 saturated carbocycles. The summed E-state index contributed by atoms with van der Waals surface area (Å²) in [4.78, 5) is 37.9. The Morgan fingerprint density at radius 1 is 1.25 bits per heavy atom. The minimum absolute atomic E-state index is 0.231. The van der Waals surface area contributed by atoms with Gasteiger partial charge in [0.15, 0.2) is 0 Å². The molecular formula is C22H16I2N2O5S. The first kappa shape index (κ1) is 24.5. The Morgan fingerprint density at radius 2 is 1.91 bits per heavy atom. The number of amides is 2. The highest BCUT2D eigenvalue weighted by molar-refractivity contribution is 14.1. The highest BCUT2D eigenvalue weighted by Gasteiger charge is 2.41. The fourth-order valence-corrected chi connectivity index (χ4v) is 5.98. The molecule has 0 unspecified atom stereocenters. The van der Waals surface area contributed by atoms with Crippen molar-refractivity contribution in [2.75, 3.05) is 7.11 Å². The molecule has 7 nitrogen and oxygen atoms in total. The minimum Gasteiger partial charge on any atom is -0.487 e. The largest absolute Gasteiger partial charge is 0.487 e. The summed E-state index contributed by atoms with van der Waals surface area (Å²) in [6.07, 6.45) is 1.62. The lowest BCUT2D eigenvalue weighted by Crippen LogP contribution is -2.42. The zero-order chi connectivity index (χ0) is 23.4. The molecule has 2 aromatic rings. The molecule has 1 atom stereocenters. The van der Waals surface area contributed by atoms with Gasteiger partial charge in [0.1, 0.15) is 18.4 Å². The van der Waals surface area contributed by atoms with E-state index >= 15 is 0 Å². The number of hydrogen-bond acceptors (Lipinski definition) is 7. The average molecular weight is 674 g/mol. The summed E-state index contributed by atoms with van der Waals surface area (Å²) in [6, 6.07) is 12.1. The van der Waals surface area contributed by atoms with Crippen LogP contribution in [0.1, 0.15) is 23.6 Å². The summed E-state index contributed by atoms with van der Waals surface area (Å²) >= 11 is 5.07. The van der Waals surface area contributed by atoms with E-state index < -0.39 is 23.2 Å². The van der Waals surface area contributed by atoms with E-state index in [1.54, 1.807) is 18.2 Å². The van der Waals surface area contributed by atoms with Crippen LogP contribution in [0.2, 0.25) is 0 Å². The summed E-state index contributed by atoms with van der Waals surface area (Å²) in [5.41, 5.74) is 2.07. The molecule has 3 rings (SSSR count). The number of rotatable bonds is 6. The van der Waals surface area contributed by atoms with Crippen LogP contribution in [0.3, 0.4) is 0 Å². The van der Waals surface area contributed by atoms with Gasteiger partial charge < -0.3 is 9.47 Å². The van der Waals surface area contributed by atoms with Crippen molar-refractivity contribution in [3.05, 3.63) is 65.1 Å². The van der Waals surface area contributed by atoms with Crippen molar-refractivity contribution in [3.63, 3.8) is 0 Å². The van der Waals surface area contributed by atoms with Gasteiger partial charge in [0.05, 0.1) is 30.8 Å². The Kier molecular flexibility index (Phi) is 8.18. The second kappa shape index (κ2) is 10.7. The zero-order valence-corrected chi connectivity index (χ0v) is 22.1. The van der Waals surface area contributed by atoms with Gasteiger partial charge >= 0.3 is 5.97 Å². The molecule has 2 aromatic carbocycles. The molecule has 164 valence electrons. The van der Waals surface area contributed by atoms with Gasteiger partial charge in [-0.3, -0.25) is 14.5 Å². The summed E-state index contributed by atoms with van der Waals surface area (Å²) < 4.78 is 12.2. The number of benzene rings is 2. The van der Waals surface area contributed by atoms with E-state index in [0.717, 1.165) is 34.9 Å². The van der Waals surface area contributed by atoms with E-state index in [9.17, 15) is 19.6 Å². The number of carbonyl (C=O) groups excluding carboxylic acids is 3. The van der Waals surface area contributed by atoms with E-state index in [-0.39, 0.29) is 11.5 Å². The van der Waals surface area contributed by atoms with Gasteiger partial charge in [0, 0.05) is 5.56 Å². The first-order valence-electron chi connectivity index (χ1n) is 9.21. The van der Waals surface area contributed by atoms with E-state index in [2.05, 4.69) is 56.0 Å². The predicted molar refractivity (Wildman–Crippen MR) is 137 cm³/mol. The molecular weight excluding hydrogens is 658 g/mol. The number of imide groups is 1. The van der Waals surface area contributed by atoms with Crippen LogP contribution < -0.4 is 4.74 Å². The van der Waals surface area contributed by atoms with Crippen molar-refractivity contribution < 1.29 is 23.9 Å². The molecule has 32 heavy (non-hydrogen) atoms. The molecule has 0 bridgehead atoms. The smallest absolute Gasteiger partial charge is 0.328 e. The Hall–Kier alpha value is -2.11. The van der Waals surface area contributed by atoms with Crippen LogP contribution >= 0.6 is 56.9 Å². The average Bonchev–Trinajstić information content (AvgIpc) is 3.04. The maximum Gasteiger partial charge on any atom is 0.328 e. The standard InChI is InChI=1S/C22H16I2N2O5S/c1-12(21(28)30-2)26-20(27)18(32-22(26)29)9-13-7-16(23)19(17(24)8-13)31-11-15-6-4-3-5-14(15)10-25/h3-9,12H,11H2,1-2H3/b18-9+/t12-/m1/s1. The van der Waals surface area contributed by atoms with Gasteiger partial charge in [-0.2, -0.15) is 5.26 Å². The van der Waals surface area contributed by atoms with Crippen LogP contribution in [0.25, 0.3) is 6.08 Å². The lowest BCUT2D eigenvalue weighted by atomic mass is 10.1. The SMILES string of the molecule is COC(=O)[C@@H](C)N1C(=O)S/C(=C/c2cc(I)c(OCc3ccccc3C#N)c(I)c2)C1=O. The molecule has 1 aliphatic heterocycles. The van der Waals surface area contributed by atoms with E-state index in [1.165, 1.54) is 14.0 Å². The molecule has 0 aliphatic carbocycles. The Morgan fingerprint density at radius 3 is 2.53 bits per heavy atom. The van der Waals surface area contributed by atoms with Crippen molar-refractivity contribution >= 4 is 80.1 Å². The fraction of sp³-hybridized carbons (Fsp3) is 0.182. The molecule has 1 saturated heterocycles. The highest BCUT2D eigenvalue weighted by Crippen LogP contribution is 2.36. The molecule has 2 amide bonds. The molecule has 10 heteroatoms. The monoisotopic (exact) mass is 674 g/mol. The third-order valence-corrected chi connectivity index (χ3v) is 7.07. The first-order valence-corrected chi connectivity index (χ1v) is 12.2. The summed E-state index contributed by atoms with van der Waals surface area (Å²) in [5.74, 6) is -0.517. The third kappa shape index (κ3) is 5.26. The lowest BCUT2D eigenvalue weighted by Gasteiger charge is -2.18. The van der Waals surface area contributed by atoms with Crippen molar-refractivity contribution in [1.29, 1.82) is 5.26 Å². The van der Waals surface area contributed by atoms with Gasteiger partial charge in [0.2, 0.25) is 0 Å². The number of methoxy groups -OCH3 is 1. The number of halogens is 2. The van der Waals surface area contributed by atoms with Crippen molar-refractivity contribution in [2.24, 2.45) is 0 Å². The Bertz CT molecular complexity index is 1150. The summed E-state index contributed by atoms with van der Waals surface area (Å²) in [6.45, 7) is 1.70. The maximum absolute atomic E-state index is 12.7. The van der Waals surface area contributed by atoms with E-state index in [0.29, 0.717) is 11.3 Å². The molecule has 1 aliphatic rings. The van der Waals surface area contributed by atoms with Gasteiger partial charge in [-0.05, 0) is 93.7 Å². The quantitative estimate of drug-likeness (QED) is 0.243. The van der Waals surface area contributed by atoms with Crippen LogP contribution in [-0.4, -0.2) is 35.2 Å². The zero-order valence-electron chi connectivity index (χ0n) is 16.9. The van der Waals surface area contributed by atoms with Crippen LogP contribution in [0, 0.1) is 18.5 Å². The highest BCUT2D eigenvalue weighted by atomic mass is 127. The summed E-state index contributed by atoms with van der Waals surface area (Å²) in [5, 5.41) is 8.72. The summed E-state index contributed by atoms with van der Waals surface area (Å²) in [7, 11) is 1.21. The molecule has 0 radical (unpaired) electrons. The minimum atomic E-state index is -0.995. The fourth-order valence-electron chi connectivity index (χ4n) is 2.95. The number of ether oxygens (including phenoxy) is 2. The Labute approximate surface area is 216 Å². The molecule has 0 N–H and O–H groups in total. The first-order chi connectivity index (χ1) is 15.3. The second-order valence-electron chi connectivity index (χ2n) is 6.62. The van der Waals surface area contributed by atoms with Crippen molar-refractivity contribution in [2.45, 2.75) is 19.6 Å². The molecule has 1 heterocycles. The second-order valence-corrected chi connectivity index (χ2v) is 9.94. The molecule has 0 spiro atoms. The molecule has 1 fully saturated rings. The van der Waals surface area contributed by atoms with E-state index in [4.69, 9.17) is 4.74 Å². The number of carbonyl (C=O) groups is 3. The molecule has 0 aromatic heterocycles. The maximum atomic E-state index is 12.7. The number of nitrogens with zero attached hydrogens (tertiary/aromatic N) is 2. The van der Waals surface area contributed by atoms with Crippen LogP contribution in [0.5, 0.6) is 5.75 Å². The van der Waals surface area contributed by atoms with Gasteiger partial charge in [-0.1, -0.05) is 18.2 Å². The van der Waals surface area contributed by atoms with Crippen molar-refractivity contribution in [3.8, 4) is 11.8 Å². The predicted octanol–water partition coefficient (Wildman–Crippen LogP) is 4.94. The third-order valence-electron chi connectivity index (χ3n) is 4.58. The number of nitriles is 1. The van der Waals surface area contributed by atoms with Gasteiger partial charge in [0.25, 0.3) is 11.1 Å². The van der Waals surface area contributed by atoms with E-state index in [1.807, 2.05) is 24.3 Å². The van der Waals surface area contributed by atoms with Crippen molar-refractivity contribution in [1.82, 2.24) is 4.90 Å².